The molecule has 0 radical (unpaired) electrons. The number of nitrogens with zero attached hydrogens (tertiary/aromatic N) is 3. The van der Waals surface area contributed by atoms with Gasteiger partial charge in [0.15, 0.2) is 0 Å². The summed E-state index contributed by atoms with van der Waals surface area (Å²) in [6, 6.07) is 1.77. The topological polar surface area (TPSA) is 93.5 Å². The van der Waals surface area contributed by atoms with Gasteiger partial charge in [0.1, 0.15) is 11.2 Å². The number of fused-ring (bicyclic) bond motifs is 1. The zero-order chi connectivity index (χ0) is 18.1. The van der Waals surface area contributed by atoms with E-state index in [-0.39, 0.29) is 36.4 Å². The molecule has 2 aromatic rings. The van der Waals surface area contributed by atoms with Crippen molar-refractivity contribution in [2.75, 3.05) is 19.8 Å². The number of carbonyl (C=O) groups is 2. The molecule has 0 bridgehead atoms. The lowest BCUT2D eigenvalue weighted by atomic mass is 10.1. The average Bonchev–Trinajstić information content (AvgIpc) is 3.30. The molecule has 0 unspecified atom stereocenters. The predicted molar refractivity (Wildman–Crippen MR) is 96.0 cm³/mol. The summed E-state index contributed by atoms with van der Waals surface area (Å²) in [7, 11) is 0. The number of nitrogens with one attached hydrogen (secondary N) is 1. The maximum atomic E-state index is 12.8. The number of thiophene rings is 1. The zero-order valence-electron chi connectivity index (χ0n) is 14.2. The average molecular weight is 376 g/mol. The highest BCUT2D eigenvalue weighted by atomic mass is 32.1. The summed E-state index contributed by atoms with van der Waals surface area (Å²) in [5, 5.41) is 4.75. The molecular weight excluding hydrogens is 356 g/mol. The van der Waals surface area contributed by atoms with Gasteiger partial charge in [0.25, 0.3) is 5.56 Å². The van der Waals surface area contributed by atoms with E-state index in [4.69, 9.17) is 4.74 Å². The summed E-state index contributed by atoms with van der Waals surface area (Å²) < 4.78 is 7.33. The fourth-order valence-corrected chi connectivity index (χ4v) is 3.90. The molecular formula is C17H20N4O4S. The van der Waals surface area contributed by atoms with Crippen LogP contribution in [0, 0.1) is 0 Å². The van der Waals surface area contributed by atoms with Crippen LogP contribution in [0.5, 0.6) is 0 Å². The Labute approximate surface area is 153 Å². The molecule has 1 atom stereocenters. The molecule has 26 heavy (non-hydrogen) atoms. The zero-order valence-corrected chi connectivity index (χ0v) is 15.0. The van der Waals surface area contributed by atoms with E-state index in [9.17, 15) is 14.4 Å². The molecule has 9 heteroatoms. The van der Waals surface area contributed by atoms with Gasteiger partial charge in [-0.2, -0.15) is 0 Å². The van der Waals surface area contributed by atoms with E-state index in [2.05, 4.69) is 10.3 Å². The van der Waals surface area contributed by atoms with Crippen molar-refractivity contribution >= 4 is 33.4 Å². The molecule has 138 valence electrons. The summed E-state index contributed by atoms with van der Waals surface area (Å²) in [6.45, 7) is 1.11. The highest BCUT2D eigenvalue weighted by molar-refractivity contribution is 7.17. The second-order valence-electron chi connectivity index (χ2n) is 6.67. The Morgan fingerprint density at radius 3 is 3.04 bits per heavy atom. The first-order valence-corrected chi connectivity index (χ1v) is 9.59. The number of carbonyl (C=O) groups excluding carboxylic acids is 2. The maximum Gasteiger partial charge on any atom is 0.271 e. The third-order valence-corrected chi connectivity index (χ3v) is 5.54. The monoisotopic (exact) mass is 376 g/mol. The van der Waals surface area contributed by atoms with Gasteiger partial charge in [0, 0.05) is 19.0 Å². The molecule has 1 aliphatic carbocycles. The lowest BCUT2D eigenvalue weighted by molar-refractivity contribution is -0.142. The summed E-state index contributed by atoms with van der Waals surface area (Å²) in [5.74, 6) is -0.253. The second kappa shape index (κ2) is 7.16. The molecule has 2 aliphatic rings. The lowest BCUT2D eigenvalue weighted by Crippen LogP contribution is -2.52. The van der Waals surface area contributed by atoms with Crippen molar-refractivity contribution in [2.45, 2.75) is 37.9 Å². The predicted octanol–water partition coefficient (Wildman–Crippen LogP) is 0.354. The molecule has 0 spiro atoms. The Hall–Kier alpha value is -2.26. The molecule has 2 aromatic heterocycles. The minimum Gasteiger partial charge on any atom is -0.377 e. The Kier molecular flexibility index (Phi) is 4.73. The first kappa shape index (κ1) is 17.2. The number of aromatic nitrogens is 2. The van der Waals surface area contributed by atoms with Gasteiger partial charge in [-0.3, -0.25) is 19.0 Å². The molecule has 1 N–H and O–H groups in total. The van der Waals surface area contributed by atoms with E-state index in [0.717, 1.165) is 12.8 Å². The third-order valence-electron chi connectivity index (χ3n) is 4.65. The van der Waals surface area contributed by atoms with Crippen LogP contribution in [0.3, 0.4) is 0 Å². The third kappa shape index (κ3) is 3.63. The highest BCUT2D eigenvalue weighted by Gasteiger charge is 2.31. The van der Waals surface area contributed by atoms with Crippen LogP contribution in [0.1, 0.15) is 19.3 Å². The van der Waals surface area contributed by atoms with E-state index in [0.29, 0.717) is 36.0 Å². The van der Waals surface area contributed by atoms with Gasteiger partial charge >= 0.3 is 0 Å². The fourth-order valence-electron chi connectivity index (χ4n) is 3.11. The molecule has 2 fully saturated rings. The highest BCUT2D eigenvalue weighted by Crippen LogP contribution is 2.20. The summed E-state index contributed by atoms with van der Waals surface area (Å²) >= 11 is 1.32. The molecule has 1 saturated carbocycles. The maximum absolute atomic E-state index is 12.8. The van der Waals surface area contributed by atoms with Crippen LogP contribution < -0.4 is 10.9 Å². The molecule has 8 nitrogen and oxygen atoms in total. The largest absolute Gasteiger partial charge is 0.377 e. The van der Waals surface area contributed by atoms with Crippen molar-refractivity contribution in [1.82, 2.24) is 19.8 Å². The normalized spacial score (nSPS) is 20.3. The van der Waals surface area contributed by atoms with Gasteiger partial charge < -0.3 is 15.0 Å². The molecule has 1 aliphatic heterocycles. The lowest BCUT2D eigenvalue weighted by Gasteiger charge is -2.35. The molecule has 3 heterocycles. The quantitative estimate of drug-likeness (QED) is 0.813. The van der Waals surface area contributed by atoms with Crippen LogP contribution in [-0.4, -0.2) is 58.1 Å². The smallest absolute Gasteiger partial charge is 0.271 e. The van der Waals surface area contributed by atoms with Crippen molar-refractivity contribution in [3.63, 3.8) is 0 Å². The van der Waals surface area contributed by atoms with E-state index in [1.165, 1.54) is 22.2 Å². The first-order valence-electron chi connectivity index (χ1n) is 8.71. The van der Waals surface area contributed by atoms with E-state index >= 15 is 0 Å². The number of ether oxygens (including phenoxy) is 1. The Morgan fingerprint density at radius 1 is 1.38 bits per heavy atom. The first-order chi connectivity index (χ1) is 12.6. The minimum atomic E-state index is -0.302. The van der Waals surface area contributed by atoms with Crippen LogP contribution in [-0.2, 0) is 20.9 Å². The van der Waals surface area contributed by atoms with Gasteiger partial charge in [0.2, 0.25) is 11.8 Å². The molecule has 0 aromatic carbocycles. The Bertz CT molecular complexity index is 888. The SMILES string of the molecule is O=C(C[C@@H]1COCCN1C(=O)Cn1cnc2ccsc2c1=O)NC1CC1. The summed E-state index contributed by atoms with van der Waals surface area (Å²) in [4.78, 5) is 43.2. The number of amides is 2. The second-order valence-corrected chi connectivity index (χ2v) is 7.59. The Balaban J connectivity index is 1.46. The van der Waals surface area contributed by atoms with E-state index < -0.39 is 0 Å². The summed E-state index contributed by atoms with van der Waals surface area (Å²) in [5.41, 5.74) is 0.430. The standard InChI is InChI=1S/C17H20N4O4S/c22-14(19-11-1-2-11)7-12-9-25-5-4-21(12)15(23)8-20-10-18-13-3-6-26-16(13)17(20)24/h3,6,10-12H,1-2,4-5,7-9H2,(H,19,22)/t12-/m1/s1. The minimum absolute atomic E-state index is 0.0559. The van der Waals surface area contributed by atoms with Gasteiger partial charge in [-0.15, -0.1) is 11.3 Å². The van der Waals surface area contributed by atoms with Crippen molar-refractivity contribution < 1.29 is 14.3 Å². The van der Waals surface area contributed by atoms with Crippen LogP contribution >= 0.6 is 11.3 Å². The van der Waals surface area contributed by atoms with Crippen LogP contribution in [0.25, 0.3) is 10.2 Å². The number of morpholine rings is 1. The van der Waals surface area contributed by atoms with Crippen LogP contribution in [0.2, 0.25) is 0 Å². The number of hydrogen-bond donors (Lipinski definition) is 1. The summed E-state index contributed by atoms with van der Waals surface area (Å²) in [6.07, 6.45) is 3.68. The Morgan fingerprint density at radius 2 is 2.23 bits per heavy atom. The fraction of sp³-hybridized carbons (Fsp3) is 0.529. The van der Waals surface area contributed by atoms with E-state index in [1.54, 1.807) is 11.0 Å². The van der Waals surface area contributed by atoms with Crippen molar-refractivity contribution in [3.8, 4) is 0 Å². The van der Waals surface area contributed by atoms with Gasteiger partial charge in [-0.05, 0) is 24.3 Å². The number of rotatable bonds is 5. The van der Waals surface area contributed by atoms with Crippen molar-refractivity contribution in [2.24, 2.45) is 0 Å². The van der Waals surface area contributed by atoms with Crippen LogP contribution in [0.15, 0.2) is 22.6 Å². The van der Waals surface area contributed by atoms with Gasteiger partial charge in [-0.25, -0.2) is 4.98 Å². The van der Waals surface area contributed by atoms with Crippen molar-refractivity contribution in [3.05, 3.63) is 28.1 Å². The van der Waals surface area contributed by atoms with Gasteiger partial charge in [0.05, 0.1) is 31.1 Å². The number of hydrogen-bond acceptors (Lipinski definition) is 6. The molecule has 2 amide bonds. The molecule has 1 saturated heterocycles. The van der Waals surface area contributed by atoms with E-state index in [1.807, 2.05) is 5.38 Å². The van der Waals surface area contributed by atoms with Crippen molar-refractivity contribution in [1.29, 1.82) is 0 Å². The van der Waals surface area contributed by atoms with Gasteiger partial charge in [-0.1, -0.05) is 0 Å². The van der Waals surface area contributed by atoms with Crippen LogP contribution in [0.4, 0.5) is 0 Å². The molecule has 4 rings (SSSR count).